The maximum Gasteiger partial charge on any atom is 0.319 e. The van der Waals surface area contributed by atoms with E-state index in [9.17, 15) is 9.59 Å². The lowest BCUT2D eigenvalue weighted by Gasteiger charge is -2.16. The number of carbonyl (C=O) groups is 2. The van der Waals surface area contributed by atoms with Gasteiger partial charge in [0.1, 0.15) is 6.61 Å². The van der Waals surface area contributed by atoms with Gasteiger partial charge >= 0.3 is 6.03 Å². The Balaban J connectivity index is 2.50. The summed E-state index contributed by atoms with van der Waals surface area (Å²) in [5.74, 6) is 0.381. The van der Waals surface area contributed by atoms with Crippen molar-refractivity contribution in [3.63, 3.8) is 0 Å². The van der Waals surface area contributed by atoms with Crippen molar-refractivity contribution < 1.29 is 14.3 Å². The van der Waals surface area contributed by atoms with Crippen LogP contribution in [0.25, 0.3) is 0 Å². The number of amides is 3. The lowest BCUT2D eigenvalue weighted by Crippen LogP contribution is -2.36. The first kappa shape index (κ1) is 19.0. The van der Waals surface area contributed by atoms with E-state index in [4.69, 9.17) is 4.74 Å². The third-order valence-electron chi connectivity index (χ3n) is 3.23. The summed E-state index contributed by atoms with van der Waals surface area (Å²) in [5.41, 5.74) is 1.23. The lowest BCUT2D eigenvalue weighted by molar-refractivity contribution is -0.119. The molecule has 1 rings (SSSR count). The van der Waals surface area contributed by atoms with E-state index in [0.29, 0.717) is 17.3 Å². The summed E-state index contributed by atoms with van der Waals surface area (Å²) >= 11 is 0. The summed E-state index contributed by atoms with van der Waals surface area (Å²) in [5, 5.41) is 8.37. The van der Waals surface area contributed by atoms with E-state index < -0.39 is 0 Å². The smallest absolute Gasteiger partial charge is 0.319 e. The highest BCUT2D eigenvalue weighted by molar-refractivity contribution is 5.94. The molecule has 6 nitrogen and oxygen atoms in total. The molecule has 0 fully saturated rings. The highest BCUT2D eigenvalue weighted by atomic mass is 16.5. The van der Waals surface area contributed by atoms with Gasteiger partial charge in [0.25, 0.3) is 0 Å². The molecule has 6 heteroatoms. The fraction of sp³-hybridized carbons (Fsp3) is 0.529. The number of rotatable bonds is 8. The van der Waals surface area contributed by atoms with Crippen LogP contribution in [0, 0.1) is 5.92 Å². The fourth-order valence-corrected chi connectivity index (χ4v) is 2.05. The summed E-state index contributed by atoms with van der Waals surface area (Å²) in [6, 6.07) is 6.85. The summed E-state index contributed by atoms with van der Waals surface area (Å²) in [6.45, 7) is 6.31. The van der Waals surface area contributed by atoms with Gasteiger partial charge in [-0.25, -0.2) is 4.79 Å². The fourth-order valence-electron chi connectivity index (χ4n) is 2.05. The van der Waals surface area contributed by atoms with E-state index in [2.05, 4.69) is 29.8 Å². The van der Waals surface area contributed by atoms with Crippen LogP contribution in [-0.4, -0.2) is 31.7 Å². The Morgan fingerprint density at radius 2 is 1.74 bits per heavy atom. The van der Waals surface area contributed by atoms with Crippen LogP contribution in [0.3, 0.4) is 0 Å². The van der Waals surface area contributed by atoms with Gasteiger partial charge in [-0.05, 0) is 43.9 Å². The maximum absolute atomic E-state index is 12.0. The summed E-state index contributed by atoms with van der Waals surface area (Å²) in [7, 11) is 1.46. The largest absolute Gasteiger partial charge is 0.375 e. The monoisotopic (exact) mass is 321 g/mol. The molecule has 0 spiro atoms. The minimum absolute atomic E-state index is 0.00842. The first-order valence-electron chi connectivity index (χ1n) is 7.87. The van der Waals surface area contributed by atoms with E-state index >= 15 is 0 Å². The van der Waals surface area contributed by atoms with Gasteiger partial charge < -0.3 is 20.7 Å². The molecule has 3 amide bonds. The number of benzene rings is 1. The van der Waals surface area contributed by atoms with E-state index in [0.717, 1.165) is 12.8 Å². The van der Waals surface area contributed by atoms with Gasteiger partial charge in [-0.3, -0.25) is 4.79 Å². The lowest BCUT2D eigenvalue weighted by atomic mass is 10.0. The van der Waals surface area contributed by atoms with Crippen LogP contribution >= 0.6 is 0 Å². The van der Waals surface area contributed by atoms with E-state index in [1.165, 1.54) is 7.11 Å². The predicted molar refractivity (Wildman–Crippen MR) is 92.6 cm³/mol. The molecule has 1 unspecified atom stereocenters. The first-order chi connectivity index (χ1) is 10.9. The zero-order chi connectivity index (χ0) is 17.2. The third kappa shape index (κ3) is 8.21. The molecule has 0 radical (unpaired) electrons. The molecular weight excluding hydrogens is 294 g/mol. The standard InChI is InChI=1S/C17H27N3O3/c1-12(2)8-9-13(3)18-17(22)20-15-7-5-6-14(10-15)19-16(21)11-23-4/h5-7,10,12-13H,8-9,11H2,1-4H3,(H,19,21)(H2,18,20,22). The van der Waals surface area contributed by atoms with Gasteiger partial charge in [0.15, 0.2) is 0 Å². The Kier molecular flexibility index (Phi) is 8.11. The SMILES string of the molecule is COCC(=O)Nc1cccc(NC(=O)NC(C)CCC(C)C)c1. The zero-order valence-corrected chi connectivity index (χ0v) is 14.3. The first-order valence-corrected chi connectivity index (χ1v) is 7.87. The van der Waals surface area contributed by atoms with Crippen LogP contribution in [0.1, 0.15) is 33.6 Å². The number of anilines is 2. The number of ether oxygens (including phenoxy) is 1. The summed E-state index contributed by atoms with van der Waals surface area (Å²) in [4.78, 5) is 23.5. The molecule has 128 valence electrons. The molecular formula is C17H27N3O3. The second-order valence-corrected chi connectivity index (χ2v) is 6.03. The molecule has 0 aliphatic rings. The average molecular weight is 321 g/mol. The van der Waals surface area contributed by atoms with Gasteiger partial charge in [0.2, 0.25) is 5.91 Å². The molecule has 0 aromatic heterocycles. The van der Waals surface area contributed by atoms with Crippen molar-refractivity contribution in [3.8, 4) is 0 Å². The Hall–Kier alpha value is -2.08. The highest BCUT2D eigenvalue weighted by Crippen LogP contribution is 2.15. The van der Waals surface area contributed by atoms with Crippen molar-refractivity contribution in [1.29, 1.82) is 0 Å². The number of carbonyl (C=O) groups excluding carboxylic acids is 2. The van der Waals surface area contributed by atoms with Gasteiger partial charge in [-0.2, -0.15) is 0 Å². The van der Waals surface area contributed by atoms with Crippen molar-refractivity contribution >= 4 is 23.3 Å². The summed E-state index contributed by atoms with van der Waals surface area (Å²) < 4.78 is 4.76. The van der Waals surface area contributed by atoms with Gasteiger partial charge in [-0.1, -0.05) is 19.9 Å². The van der Waals surface area contributed by atoms with Crippen LogP contribution < -0.4 is 16.0 Å². The molecule has 0 saturated heterocycles. The molecule has 1 aromatic carbocycles. The molecule has 3 N–H and O–H groups in total. The molecule has 23 heavy (non-hydrogen) atoms. The van der Waals surface area contributed by atoms with Gasteiger partial charge in [0, 0.05) is 24.5 Å². The van der Waals surface area contributed by atoms with Crippen LogP contribution in [-0.2, 0) is 9.53 Å². The maximum atomic E-state index is 12.0. The normalized spacial score (nSPS) is 11.9. The number of hydrogen-bond acceptors (Lipinski definition) is 3. The molecule has 0 saturated carbocycles. The van der Waals surface area contributed by atoms with E-state index in [1.807, 2.05) is 6.92 Å². The summed E-state index contributed by atoms with van der Waals surface area (Å²) in [6.07, 6.45) is 2.01. The molecule has 0 aliphatic carbocycles. The van der Waals surface area contributed by atoms with Gasteiger partial charge in [-0.15, -0.1) is 0 Å². The topological polar surface area (TPSA) is 79.5 Å². The number of urea groups is 1. The Bertz CT molecular complexity index is 518. The van der Waals surface area contributed by atoms with Crippen LogP contribution in [0.2, 0.25) is 0 Å². The number of hydrogen-bond donors (Lipinski definition) is 3. The molecule has 0 aliphatic heterocycles. The van der Waals surface area contributed by atoms with Crippen molar-refractivity contribution in [1.82, 2.24) is 5.32 Å². The molecule has 1 aromatic rings. The van der Waals surface area contributed by atoms with Crippen molar-refractivity contribution in [2.75, 3.05) is 24.4 Å². The second-order valence-electron chi connectivity index (χ2n) is 6.03. The third-order valence-corrected chi connectivity index (χ3v) is 3.23. The average Bonchev–Trinajstić information content (AvgIpc) is 2.45. The van der Waals surface area contributed by atoms with Crippen molar-refractivity contribution in [3.05, 3.63) is 24.3 Å². The molecule has 1 atom stereocenters. The Labute approximate surface area is 138 Å². The van der Waals surface area contributed by atoms with Crippen LogP contribution in [0.15, 0.2) is 24.3 Å². The highest BCUT2D eigenvalue weighted by Gasteiger charge is 2.09. The Morgan fingerprint density at radius 3 is 2.35 bits per heavy atom. The second kappa shape index (κ2) is 9.84. The molecule has 0 bridgehead atoms. The van der Waals surface area contributed by atoms with Crippen molar-refractivity contribution in [2.24, 2.45) is 5.92 Å². The number of methoxy groups -OCH3 is 1. The number of nitrogens with one attached hydrogen (secondary N) is 3. The zero-order valence-electron chi connectivity index (χ0n) is 14.3. The van der Waals surface area contributed by atoms with Crippen LogP contribution in [0.5, 0.6) is 0 Å². The minimum atomic E-state index is -0.248. The Morgan fingerprint density at radius 1 is 1.09 bits per heavy atom. The van der Waals surface area contributed by atoms with E-state index in [1.54, 1.807) is 24.3 Å². The van der Waals surface area contributed by atoms with E-state index in [-0.39, 0.29) is 24.6 Å². The van der Waals surface area contributed by atoms with Crippen LogP contribution in [0.4, 0.5) is 16.2 Å². The quantitative estimate of drug-likeness (QED) is 0.688. The van der Waals surface area contributed by atoms with Gasteiger partial charge in [0.05, 0.1) is 0 Å². The predicted octanol–water partition coefficient (Wildman–Crippen LogP) is 3.22. The minimum Gasteiger partial charge on any atom is -0.375 e. The van der Waals surface area contributed by atoms with Crippen molar-refractivity contribution in [2.45, 2.75) is 39.7 Å². The molecule has 0 heterocycles.